The minimum atomic E-state index is -4.19. The van der Waals surface area contributed by atoms with E-state index in [2.05, 4.69) is 5.32 Å². The summed E-state index contributed by atoms with van der Waals surface area (Å²) in [6.45, 7) is 7.13. The predicted molar refractivity (Wildman–Crippen MR) is 152 cm³/mol. The van der Waals surface area contributed by atoms with E-state index in [1.807, 2.05) is 13.8 Å². The summed E-state index contributed by atoms with van der Waals surface area (Å²) >= 11 is 5.98. The van der Waals surface area contributed by atoms with Crippen molar-refractivity contribution >= 4 is 39.1 Å². The minimum absolute atomic E-state index is 0.00346. The molecule has 0 fully saturated rings. The molecule has 3 rings (SSSR count). The zero-order valence-corrected chi connectivity index (χ0v) is 24.0. The fourth-order valence-corrected chi connectivity index (χ4v) is 5.67. The van der Waals surface area contributed by atoms with Crippen molar-refractivity contribution in [1.29, 1.82) is 0 Å². The monoisotopic (exact) mass is 573 g/mol. The number of anilines is 1. The van der Waals surface area contributed by atoms with Crippen molar-refractivity contribution in [2.24, 2.45) is 0 Å². The molecule has 208 valence electrons. The molecule has 1 atom stereocenters. The molecular weight excluding hydrogens is 541 g/mol. The highest BCUT2D eigenvalue weighted by atomic mass is 35.5. The molecule has 0 unspecified atom stereocenters. The van der Waals surface area contributed by atoms with Crippen LogP contribution in [0.5, 0.6) is 0 Å². The van der Waals surface area contributed by atoms with Gasteiger partial charge in [-0.05, 0) is 92.4 Å². The molecule has 1 N–H and O–H groups in total. The van der Waals surface area contributed by atoms with Gasteiger partial charge in [-0.3, -0.25) is 13.9 Å². The number of hydrogen-bond donors (Lipinski definition) is 1. The number of nitrogens with zero attached hydrogens (tertiary/aromatic N) is 2. The highest BCUT2D eigenvalue weighted by Gasteiger charge is 2.33. The van der Waals surface area contributed by atoms with Gasteiger partial charge in [0.05, 0.1) is 10.6 Å². The van der Waals surface area contributed by atoms with E-state index in [0.717, 1.165) is 15.4 Å². The smallest absolute Gasteiger partial charge is 0.264 e. The van der Waals surface area contributed by atoms with Crippen LogP contribution >= 0.6 is 11.6 Å². The van der Waals surface area contributed by atoms with E-state index in [-0.39, 0.29) is 17.3 Å². The average molecular weight is 574 g/mol. The first-order valence-corrected chi connectivity index (χ1v) is 14.5. The van der Waals surface area contributed by atoms with Crippen LogP contribution in [-0.4, -0.2) is 44.3 Å². The molecule has 0 aliphatic rings. The van der Waals surface area contributed by atoms with Gasteiger partial charge in [-0.2, -0.15) is 0 Å². The Morgan fingerprint density at radius 1 is 0.949 bits per heavy atom. The third kappa shape index (κ3) is 7.36. The summed E-state index contributed by atoms with van der Waals surface area (Å²) in [4.78, 5) is 28.2. The van der Waals surface area contributed by atoms with Crippen molar-refractivity contribution in [1.82, 2.24) is 10.2 Å². The molecule has 0 bridgehead atoms. The molecule has 0 saturated heterocycles. The Morgan fingerprint density at radius 2 is 1.59 bits per heavy atom. The lowest BCUT2D eigenvalue weighted by Crippen LogP contribution is -2.52. The molecule has 0 heterocycles. The highest BCUT2D eigenvalue weighted by Crippen LogP contribution is 2.27. The Labute approximate surface area is 234 Å². The Balaban J connectivity index is 2.08. The normalized spacial score (nSPS) is 12.1. The summed E-state index contributed by atoms with van der Waals surface area (Å²) in [5.74, 6) is -1.36. The van der Waals surface area contributed by atoms with E-state index in [1.54, 1.807) is 32.0 Å². The van der Waals surface area contributed by atoms with Crippen LogP contribution in [0.3, 0.4) is 0 Å². The van der Waals surface area contributed by atoms with Crippen molar-refractivity contribution in [3.8, 4) is 0 Å². The topological polar surface area (TPSA) is 86.8 Å². The summed E-state index contributed by atoms with van der Waals surface area (Å²) in [6.07, 6.45) is 0.298. The number of likely N-dealkylation sites (N-methyl/N-ethyl adjacent to an activating group) is 1. The largest absolute Gasteiger partial charge is 0.355 e. The second-order valence-corrected chi connectivity index (χ2v) is 11.5. The number of halogens is 2. The number of nitrogens with one attached hydrogen (secondary N) is 1. The third-order valence-corrected chi connectivity index (χ3v) is 8.50. The summed E-state index contributed by atoms with van der Waals surface area (Å²) in [7, 11) is -4.19. The molecule has 39 heavy (non-hydrogen) atoms. The van der Waals surface area contributed by atoms with Crippen molar-refractivity contribution in [3.05, 3.63) is 94.3 Å². The quantitative estimate of drug-likeness (QED) is 0.340. The van der Waals surface area contributed by atoms with Gasteiger partial charge >= 0.3 is 0 Å². The number of benzene rings is 3. The van der Waals surface area contributed by atoms with E-state index in [0.29, 0.717) is 29.2 Å². The van der Waals surface area contributed by atoms with E-state index in [9.17, 15) is 22.4 Å². The standard InChI is InChI=1S/C29H33ClFN3O4S/c1-5-27(29(36)32-6-2)33(18-22-8-12-24(31)13-9-22)28(35)19-34(25-14-7-20(3)21(4)17-25)39(37,38)26-15-10-23(30)11-16-26/h7-17,27H,5-6,18-19H2,1-4H3,(H,32,36)/t27-/m0/s1. The minimum Gasteiger partial charge on any atom is -0.355 e. The van der Waals surface area contributed by atoms with Gasteiger partial charge in [-0.1, -0.05) is 36.7 Å². The molecule has 0 aliphatic heterocycles. The molecule has 0 aliphatic carbocycles. The SMILES string of the molecule is CCNC(=O)[C@H](CC)N(Cc1ccc(F)cc1)C(=O)CN(c1ccc(C)c(C)c1)S(=O)(=O)c1ccc(Cl)cc1. The third-order valence-electron chi connectivity index (χ3n) is 6.46. The molecule has 7 nitrogen and oxygen atoms in total. The van der Waals surface area contributed by atoms with Crippen molar-refractivity contribution < 1.29 is 22.4 Å². The van der Waals surface area contributed by atoms with E-state index in [1.165, 1.54) is 53.4 Å². The van der Waals surface area contributed by atoms with Crippen LogP contribution < -0.4 is 9.62 Å². The zero-order valence-electron chi connectivity index (χ0n) is 22.4. The van der Waals surface area contributed by atoms with Crippen LogP contribution in [0.2, 0.25) is 5.02 Å². The predicted octanol–water partition coefficient (Wildman–Crippen LogP) is 5.23. The first kappa shape index (κ1) is 30.1. The zero-order chi connectivity index (χ0) is 28.7. The Kier molecular flexibility index (Phi) is 10.1. The van der Waals surface area contributed by atoms with Crippen molar-refractivity contribution in [2.75, 3.05) is 17.4 Å². The summed E-state index contributed by atoms with van der Waals surface area (Å²) in [6, 6.07) is 15.6. The molecule has 0 saturated carbocycles. The Morgan fingerprint density at radius 3 is 2.15 bits per heavy atom. The van der Waals surface area contributed by atoms with Crippen LogP contribution in [0.15, 0.2) is 71.6 Å². The van der Waals surface area contributed by atoms with Gasteiger partial charge in [0.25, 0.3) is 10.0 Å². The molecule has 3 aromatic rings. The molecular formula is C29H33ClFN3O4S. The van der Waals surface area contributed by atoms with Crippen LogP contribution in [0, 0.1) is 19.7 Å². The second-order valence-electron chi connectivity index (χ2n) is 9.20. The lowest BCUT2D eigenvalue weighted by atomic mass is 10.1. The number of aryl methyl sites for hydroxylation is 2. The molecule has 0 radical (unpaired) electrons. The number of hydrogen-bond acceptors (Lipinski definition) is 4. The maximum atomic E-state index is 13.9. The maximum Gasteiger partial charge on any atom is 0.264 e. The van der Waals surface area contributed by atoms with Gasteiger partial charge in [-0.15, -0.1) is 0 Å². The lowest BCUT2D eigenvalue weighted by Gasteiger charge is -2.33. The van der Waals surface area contributed by atoms with Gasteiger partial charge in [-0.25, -0.2) is 12.8 Å². The maximum absolute atomic E-state index is 13.9. The number of rotatable bonds is 11. The fraction of sp³-hybridized carbons (Fsp3) is 0.310. The molecule has 0 spiro atoms. The van der Waals surface area contributed by atoms with Crippen molar-refractivity contribution in [3.63, 3.8) is 0 Å². The lowest BCUT2D eigenvalue weighted by molar-refractivity contribution is -0.140. The van der Waals surface area contributed by atoms with Gasteiger partial charge in [0, 0.05) is 18.1 Å². The van der Waals surface area contributed by atoms with Gasteiger partial charge in [0.1, 0.15) is 18.4 Å². The van der Waals surface area contributed by atoms with Gasteiger partial charge in [0.15, 0.2) is 0 Å². The number of carbonyl (C=O) groups is 2. The van der Waals surface area contributed by atoms with Crippen molar-refractivity contribution in [2.45, 2.75) is 51.6 Å². The Bertz CT molecular complexity index is 1410. The first-order valence-electron chi connectivity index (χ1n) is 12.6. The summed E-state index contributed by atoms with van der Waals surface area (Å²) in [5, 5.41) is 3.13. The van der Waals surface area contributed by atoms with Crippen LogP contribution in [0.25, 0.3) is 0 Å². The highest BCUT2D eigenvalue weighted by molar-refractivity contribution is 7.92. The van der Waals surface area contributed by atoms with E-state index in [4.69, 9.17) is 11.6 Å². The first-order chi connectivity index (χ1) is 18.5. The molecule has 2 amide bonds. The Hall–Kier alpha value is -3.43. The molecule has 3 aromatic carbocycles. The average Bonchev–Trinajstić information content (AvgIpc) is 2.90. The van der Waals surface area contributed by atoms with Crippen LogP contribution in [0.4, 0.5) is 10.1 Å². The van der Waals surface area contributed by atoms with E-state index >= 15 is 0 Å². The molecule has 10 heteroatoms. The van der Waals surface area contributed by atoms with Gasteiger partial charge < -0.3 is 10.2 Å². The number of sulfonamides is 1. The molecule has 0 aromatic heterocycles. The van der Waals surface area contributed by atoms with Gasteiger partial charge in [0.2, 0.25) is 11.8 Å². The van der Waals surface area contributed by atoms with Crippen LogP contribution in [-0.2, 0) is 26.2 Å². The number of amides is 2. The van der Waals surface area contributed by atoms with Crippen LogP contribution in [0.1, 0.15) is 37.0 Å². The van der Waals surface area contributed by atoms with E-state index < -0.39 is 34.3 Å². The number of carbonyl (C=O) groups excluding carboxylic acids is 2. The fourth-order valence-electron chi connectivity index (χ4n) is 4.14. The summed E-state index contributed by atoms with van der Waals surface area (Å²) in [5.41, 5.74) is 2.74. The second kappa shape index (κ2) is 13.1. The summed E-state index contributed by atoms with van der Waals surface area (Å²) < 4.78 is 42.3.